The molecule has 3 rings (SSSR count). The molecule has 0 radical (unpaired) electrons. The Balaban J connectivity index is 2.08. The number of carboxylic acid groups (broad SMARTS) is 1. The van der Waals surface area contributed by atoms with E-state index in [2.05, 4.69) is 5.32 Å². The monoisotopic (exact) mass is 341 g/mol. The maximum Gasteiger partial charge on any atom is 0.335 e. The third kappa shape index (κ3) is 2.89. The van der Waals surface area contributed by atoms with Gasteiger partial charge in [0.25, 0.3) is 5.91 Å². The molecular formula is C18H12ClNO4. The van der Waals surface area contributed by atoms with E-state index in [1.165, 1.54) is 24.3 Å². The minimum Gasteiger partial charge on any atom is -0.506 e. The summed E-state index contributed by atoms with van der Waals surface area (Å²) in [7, 11) is 0. The van der Waals surface area contributed by atoms with Gasteiger partial charge in [0.1, 0.15) is 5.75 Å². The average Bonchev–Trinajstić information content (AvgIpc) is 2.58. The second-order valence-electron chi connectivity index (χ2n) is 5.15. The molecule has 3 aromatic rings. The lowest BCUT2D eigenvalue weighted by molar-refractivity contribution is 0.0697. The number of benzene rings is 3. The van der Waals surface area contributed by atoms with Crippen LogP contribution in [0.15, 0.2) is 54.6 Å². The van der Waals surface area contributed by atoms with E-state index in [1.807, 2.05) is 6.07 Å². The van der Waals surface area contributed by atoms with E-state index in [9.17, 15) is 14.7 Å². The number of fused-ring (bicyclic) bond motifs is 1. The highest BCUT2D eigenvalue weighted by Crippen LogP contribution is 2.36. The Morgan fingerprint density at radius 2 is 1.71 bits per heavy atom. The van der Waals surface area contributed by atoms with Gasteiger partial charge in [-0.2, -0.15) is 0 Å². The summed E-state index contributed by atoms with van der Waals surface area (Å²) in [6, 6.07) is 14.5. The maximum absolute atomic E-state index is 12.4. The van der Waals surface area contributed by atoms with Crippen molar-refractivity contribution < 1.29 is 19.8 Å². The zero-order valence-electron chi connectivity index (χ0n) is 12.3. The molecule has 24 heavy (non-hydrogen) atoms. The molecule has 0 saturated carbocycles. The van der Waals surface area contributed by atoms with Crippen molar-refractivity contribution in [3.05, 3.63) is 70.7 Å². The molecule has 3 N–H and O–H groups in total. The minimum absolute atomic E-state index is 0.00245. The molecule has 0 spiro atoms. The van der Waals surface area contributed by atoms with Gasteiger partial charge in [0.05, 0.1) is 16.1 Å². The van der Waals surface area contributed by atoms with E-state index < -0.39 is 11.9 Å². The number of rotatable bonds is 3. The molecule has 120 valence electrons. The van der Waals surface area contributed by atoms with Crippen molar-refractivity contribution >= 4 is 39.9 Å². The van der Waals surface area contributed by atoms with Gasteiger partial charge < -0.3 is 15.5 Å². The summed E-state index contributed by atoms with van der Waals surface area (Å²) < 4.78 is 0. The first kappa shape index (κ1) is 15.8. The number of para-hydroxylation sites is 1. The van der Waals surface area contributed by atoms with Gasteiger partial charge >= 0.3 is 5.97 Å². The van der Waals surface area contributed by atoms with E-state index >= 15 is 0 Å². The lowest BCUT2D eigenvalue weighted by Gasteiger charge is -2.11. The molecule has 0 aromatic heterocycles. The van der Waals surface area contributed by atoms with Crippen molar-refractivity contribution in [2.24, 2.45) is 0 Å². The van der Waals surface area contributed by atoms with Crippen LogP contribution in [-0.4, -0.2) is 22.1 Å². The number of hydrogen-bond donors (Lipinski definition) is 3. The Labute approximate surface area is 142 Å². The number of carbonyl (C=O) groups is 2. The normalized spacial score (nSPS) is 10.5. The summed E-state index contributed by atoms with van der Waals surface area (Å²) in [6.07, 6.45) is 0. The van der Waals surface area contributed by atoms with Gasteiger partial charge in [-0.3, -0.25) is 4.79 Å². The Bertz CT molecular complexity index is 954. The van der Waals surface area contributed by atoms with Crippen LogP contribution < -0.4 is 5.32 Å². The number of phenolic OH excluding ortho intramolecular Hbond substituents is 1. The number of halogens is 1. The first-order valence-corrected chi connectivity index (χ1v) is 7.40. The van der Waals surface area contributed by atoms with Gasteiger partial charge in [0, 0.05) is 11.1 Å². The Kier molecular flexibility index (Phi) is 4.10. The van der Waals surface area contributed by atoms with Crippen molar-refractivity contribution in [3.63, 3.8) is 0 Å². The molecule has 0 aliphatic carbocycles. The Morgan fingerprint density at radius 1 is 1.00 bits per heavy atom. The van der Waals surface area contributed by atoms with E-state index in [0.29, 0.717) is 16.5 Å². The number of anilines is 1. The van der Waals surface area contributed by atoms with Crippen molar-refractivity contribution in [2.45, 2.75) is 0 Å². The molecule has 0 saturated heterocycles. The van der Waals surface area contributed by atoms with Crippen LogP contribution in [0.25, 0.3) is 10.8 Å². The molecule has 0 aliphatic rings. The number of aromatic hydroxyl groups is 1. The van der Waals surface area contributed by atoms with Gasteiger partial charge in [-0.05, 0) is 35.7 Å². The summed E-state index contributed by atoms with van der Waals surface area (Å²) >= 11 is 6.13. The largest absolute Gasteiger partial charge is 0.506 e. The van der Waals surface area contributed by atoms with Gasteiger partial charge in [-0.15, -0.1) is 0 Å². The van der Waals surface area contributed by atoms with E-state index in [1.54, 1.807) is 24.3 Å². The standard InChI is InChI=1S/C18H12ClNO4/c19-15-13-7-6-10(18(23)24)8-11(13)9-14(16(15)21)17(22)20-12-4-2-1-3-5-12/h1-9,21H,(H,20,22)(H,23,24). The van der Waals surface area contributed by atoms with E-state index in [-0.39, 0.29) is 21.9 Å². The van der Waals surface area contributed by atoms with Crippen LogP contribution in [-0.2, 0) is 0 Å². The fourth-order valence-electron chi connectivity index (χ4n) is 2.38. The molecule has 3 aromatic carbocycles. The maximum atomic E-state index is 12.4. The van der Waals surface area contributed by atoms with Gasteiger partial charge in [-0.25, -0.2) is 4.79 Å². The number of amides is 1. The van der Waals surface area contributed by atoms with E-state index in [4.69, 9.17) is 16.7 Å². The molecule has 0 aliphatic heterocycles. The number of carboxylic acids is 1. The second kappa shape index (κ2) is 6.22. The predicted octanol–water partition coefficient (Wildman–Crippen LogP) is 4.15. The first-order valence-electron chi connectivity index (χ1n) is 7.02. The Morgan fingerprint density at radius 3 is 2.38 bits per heavy atom. The third-order valence-corrected chi connectivity index (χ3v) is 3.96. The molecule has 0 unspecified atom stereocenters. The fraction of sp³-hybridized carbons (Fsp3) is 0. The molecule has 0 fully saturated rings. The molecular weight excluding hydrogens is 330 g/mol. The van der Waals surface area contributed by atoms with Crippen molar-refractivity contribution in [3.8, 4) is 5.75 Å². The third-order valence-electron chi connectivity index (χ3n) is 3.57. The number of carbonyl (C=O) groups excluding carboxylic acids is 1. The molecule has 0 atom stereocenters. The highest BCUT2D eigenvalue weighted by molar-refractivity contribution is 6.38. The van der Waals surface area contributed by atoms with Crippen molar-refractivity contribution in [1.29, 1.82) is 0 Å². The summed E-state index contributed by atoms with van der Waals surface area (Å²) in [6.45, 7) is 0. The minimum atomic E-state index is -1.09. The molecule has 0 heterocycles. The quantitative estimate of drug-likeness (QED) is 0.668. The van der Waals surface area contributed by atoms with Crippen LogP contribution in [0, 0.1) is 0 Å². The highest BCUT2D eigenvalue weighted by Gasteiger charge is 2.18. The topological polar surface area (TPSA) is 86.6 Å². The summed E-state index contributed by atoms with van der Waals surface area (Å²) in [4.78, 5) is 23.5. The summed E-state index contributed by atoms with van der Waals surface area (Å²) in [5, 5.41) is 22.9. The lowest BCUT2D eigenvalue weighted by atomic mass is 10.0. The van der Waals surface area contributed by atoms with Crippen LogP contribution in [0.1, 0.15) is 20.7 Å². The Hall–Kier alpha value is -3.05. The van der Waals surface area contributed by atoms with Crippen molar-refractivity contribution in [2.75, 3.05) is 5.32 Å². The van der Waals surface area contributed by atoms with Gasteiger partial charge in [-0.1, -0.05) is 35.9 Å². The molecule has 1 amide bonds. The van der Waals surface area contributed by atoms with Crippen LogP contribution >= 0.6 is 11.6 Å². The molecule has 6 heteroatoms. The number of aromatic carboxylic acids is 1. The van der Waals surface area contributed by atoms with Crippen LogP contribution in [0.4, 0.5) is 5.69 Å². The van der Waals surface area contributed by atoms with Crippen LogP contribution in [0.3, 0.4) is 0 Å². The number of nitrogens with one attached hydrogen (secondary N) is 1. The number of phenols is 1. The smallest absolute Gasteiger partial charge is 0.335 e. The molecule has 0 bridgehead atoms. The average molecular weight is 342 g/mol. The van der Waals surface area contributed by atoms with Gasteiger partial charge in [0.15, 0.2) is 0 Å². The van der Waals surface area contributed by atoms with Gasteiger partial charge in [0.2, 0.25) is 0 Å². The number of hydrogen-bond acceptors (Lipinski definition) is 3. The highest BCUT2D eigenvalue weighted by atomic mass is 35.5. The second-order valence-corrected chi connectivity index (χ2v) is 5.53. The van der Waals surface area contributed by atoms with Crippen molar-refractivity contribution in [1.82, 2.24) is 0 Å². The van der Waals surface area contributed by atoms with E-state index in [0.717, 1.165) is 0 Å². The van der Waals surface area contributed by atoms with Crippen LogP contribution in [0.5, 0.6) is 5.75 Å². The first-order chi connectivity index (χ1) is 11.5. The summed E-state index contributed by atoms with van der Waals surface area (Å²) in [5.41, 5.74) is 0.606. The molecule has 5 nitrogen and oxygen atoms in total. The van der Waals surface area contributed by atoms with Crippen LogP contribution in [0.2, 0.25) is 5.02 Å². The summed E-state index contributed by atoms with van der Waals surface area (Å²) in [5.74, 6) is -1.97. The predicted molar refractivity (Wildman–Crippen MR) is 92.0 cm³/mol. The fourth-order valence-corrected chi connectivity index (χ4v) is 2.65. The SMILES string of the molecule is O=C(O)c1ccc2c(Cl)c(O)c(C(=O)Nc3ccccc3)cc2c1. The zero-order chi connectivity index (χ0) is 17.3. The zero-order valence-corrected chi connectivity index (χ0v) is 13.0. The lowest BCUT2D eigenvalue weighted by Crippen LogP contribution is -2.12.